The van der Waals surface area contributed by atoms with Crippen LogP contribution in [0, 0.1) is 17.0 Å². The number of carboxylic acid groups (broad SMARTS) is 1. The van der Waals surface area contributed by atoms with Crippen molar-refractivity contribution in [1.29, 1.82) is 0 Å². The lowest BCUT2D eigenvalue weighted by Crippen LogP contribution is -2.06. The first kappa shape index (κ1) is 14.5. The summed E-state index contributed by atoms with van der Waals surface area (Å²) in [5.41, 5.74) is 1.05. The van der Waals surface area contributed by atoms with Gasteiger partial charge in [0.25, 0.3) is 5.69 Å². The Labute approximate surface area is 120 Å². The van der Waals surface area contributed by atoms with E-state index in [1.165, 1.54) is 18.2 Å². The summed E-state index contributed by atoms with van der Waals surface area (Å²) in [6.07, 6.45) is 0. The third-order valence-corrected chi connectivity index (χ3v) is 3.08. The average Bonchev–Trinajstić information content (AvgIpc) is 2.46. The minimum atomic E-state index is -1.04. The van der Waals surface area contributed by atoms with Gasteiger partial charge in [-0.15, -0.1) is 0 Å². The molecule has 108 valence electrons. The molecule has 0 fully saturated rings. The third-order valence-electron chi connectivity index (χ3n) is 3.08. The van der Waals surface area contributed by atoms with E-state index in [4.69, 9.17) is 9.84 Å². The van der Waals surface area contributed by atoms with Gasteiger partial charge >= 0.3 is 5.97 Å². The number of nitro groups is 1. The number of aromatic carboxylic acids is 1. The van der Waals surface area contributed by atoms with E-state index in [9.17, 15) is 14.9 Å². The van der Waals surface area contributed by atoms with E-state index in [2.05, 4.69) is 0 Å². The maximum Gasteiger partial charge on any atom is 0.336 e. The van der Waals surface area contributed by atoms with Gasteiger partial charge in [0.1, 0.15) is 12.4 Å². The molecule has 0 aliphatic carbocycles. The molecule has 0 unspecified atom stereocenters. The van der Waals surface area contributed by atoms with Gasteiger partial charge in [-0.1, -0.05) is 24.3 Å². The molecule has 0 atom stereocenters. The van der Waals surface area contributed by atoms with Gasteiger partial charge in [-0.05, 0) is 19.1 Å². The predicted molar refractivity (Wildman–Crippen MR) is 75.6 cm³/mol. The van der Waals surface area contributed by atoms with Crippen molar-refractivity contribution in [2.45, 2.75) is 13.5 Å². The molecule has 0 saturated heterocycles. The minimum Gasteiger partial charge on any atom is -0.488 e. The second-order valence-corrected chi connectivity index (χ2v) is 4.41. The Morgan fingerprint density at radius 1 is 1.24 bits per heavy atom. The topological polar surface area (TPSA) is 89.7 Å². The van der Waals surface area contributed by atoms with E-state index < -0.39 is 10.9 Å². The molecule has 0 bridgehead atoms. The first-order chi connectivity index (χ1) is 10.0. The van der Waals surface area contributed by atoms with Crippen molar-refractivity contribution in [2.75, 3.05) is 0 Å². The minimum absolute atomic E-state index is 0.0287. The lowest BCUT2D eigenvalue weighted by molar-refractivity contribution is -0.385. The smallest absolute Gasteiger partial charge is 0.336 e. The lowest BCUT2D eigenvalue weighted by Gasteiger charge is -2.10. The molecule has 0 radical (unpaired) electrons. The van der Waals surface area contributed by atoms with Gasteiger partial charge in [-0.2, -0.15) is 0 Å². The molecule has 0 aliphatic rings. The van der Waals surface area contributed by atoms with Crippen LogP contribution in [0.3, 0.4) is 0 Å². The molecule has 6 heteroatoms. The van der Waals surface area contributed by atoms with Crippen molar-refractivity contribution in [1.82, 2.24) is 0 Å². The Bertz CT molecular complexity index is 696. The quantitative estimate of drug-likeness (QED) is 0.673. The van der Waals surface area contributed by atoms with E-state index in [-0.39, 0.29) is 17.9 Å². The highest BCUT2D eigenvalue weighted by Crippen LogP contribution is 2.27. The van der Waals surface area contributed by atoms with Crippen LogP contribution >= 0.6 is 0 Å². The van der Waals surface area contributed by atoms with Gasteiger partial charge < -0.3 is 9.84 Å². The van der Waals surface area contributed by atoms with Crippen LogP contribution in [-0.2, 0) is 6.61 Å². The molecular formula is C15H13NO5. The fourth-order valence-corrected chi connectivity index (χ4v) is 1.97. The number of carboxylic acids is 1. The van der Waals surface area contributed by atoms with Crippen molar-refractivity contribution < 1.29 is 19.6 Å². The van der Waals surface area contributed by atoms with Gasteiger partial charge in [0, 0.05) is 11.6 Å². The first-order valence-corrected chi connectivity index (χ1v) is 6.18. The van der Waals surface area contributed by atoms with Crippen molar-refractivity contribution in [2.24, 2.45) is 0 Å². The highest BCUT2D eigenvalue weighted by molar-refractivity contribution is 5.89. The second-order valence-electron chi connectivity index (χ2n) is 4.41. The highest BCUT2D eigenvalue weighted by Gasteiger charge is 2.15. The molecule has 2 aromatic carbocycles. The molecule has 21 heavy (non-hydrogen) atoms. The van der Waals surface area contributed by atoms with Crippen LogP contribution in [0.15, 0.2) is 42.5 Å². The number of ether oxygens (including phenoxy) is 1. The van der Waals surface area contributed by atoms with Crippen molar-refractivity contribution >= 4 is 11.7 Å². The van der Waals surface area contributed by atoms with Crippen LogP contribution in [0.4, 0.5) is 5.69 Å². The van der Waals surface area contributed by atoms with E-state index in [1.54, 1.807) is 31.2 Å². The van der Waals surface area contributed by atoms with Gasteiger partial charge in [0.15, 0.2) is 0 Å². The van der Waals surface area contributed by atoms with Gasteiger partial charge in [-0.25, -0.2) is 4.79 Å². The fraction of sp³-hybridized carbons (Fsp3) is 0.133. The molecule has 0 aromatic heterocycles. The van der Waals surface area contributed by atoms with Crippen molar-refractivity contribution in [3.05, 3.63) is 69.3 Å². The largest absolute Gasteiger partial charge is 0.488 e. The zero-order valence-corrected chi connectivity index (χ0v) is 11.3. The van der Waals surface area contributed by atoms with Gasteiger partial charge in [0.2, 0.25) is 0 Å². The van der Waals surface area contributed by atoms with Crippen LogP contribution in [0.2, 0.25) is 0 Å². The van der Waals surface area contributed by atoms with E-state index in [0.717, 1.165) is 0 Å². The standard InChI is InChI=1S/C15H13NO5/c1-10-13(16(19)20)7-4-8-14(10)21-9-11-5-2-3-6-12(11)15(17)18/h2-8H,9H2,1H3,(H,17,18). The summed E-state index contributed by atoms with van der Waals surface area (Å²) in [6.45, 7) is 1.63. The van der Waals surface area contributed by atoms with Crippen LogP contribution in [0.1, 0.15) is 21.5 Å². The molecule has 2 aromatic rings. The Morgan fingerprint density at radius 2 is 1.95 bits per heavy atom. The first-order valence-electron chi connectivity index (χ1n) is 6.18. The summed E-state index contributed by atoms with van der Waals surface area (Å²) < 4.78 is 5.54. The Balaban J connectivity index is 2.23. The summed E-state index contributed by atoms with van der Waals surface area (Å²) in [6, 6.07) is 11.0. The molecule has 6 nitrogen and oxygen atoms in total. The molecule has 0 saturated carbocycles. The second kappa shape index (κ2) is 6.04. The summed E-state index contributed by atoms with van der Waals surface area (Å²) in [7, 11) is 0. The lowest BCUT2D eigenvalue weighted by atomic mass is 10.1. The molecule has 1 N–H and O–H groups in total. The van der Waals surface area contributed by atoms with E-state index in [1.807, 2.05) is 0 Å². The number of rotatable bonds is 5. The van der Waals surface area contributed by atoms with Crippen LogP contribution in [-0.4, -0.2) is 16.0 Å². The summed E-state index contributed by atoms with van der Waals surface area (Å²) >= 11 is 0. The number of carbonyl (C=O) groups is 1. The molecule has 2 rings (SSSR count). The highest BCUT2D eigenvalue weighted by atomic mass is 16.6. The summed E-state index contributed by atoms with van der Waals surface area (Å²) in [4.78, 5) is 21.5. The van der Waals surface area contributed by atoms with Gasteiger partial charge in [0.05, 0.1) is 16.1 Å². The molecule has 0 amide bonds. The number of benzene rings is 2. The SMILES string of the molecule is Cc1c(OCc2ccccc2C(=O)O)cccc1[N+](=O)[O-]. The Morgan fingerprint density at radius 3 is 2.62 bits per heavy atom. The predicted octanol–water partition coefficient (Wildman–Crippen LogP) is 3.18. The molecule has 0 spiro atoms. The normalized spacial score (nSPS) is 10.1. The molecular weight excluding hydrogens is 274 g/mol. The maximum atomic E-state index is 11.1. The van der Waals surface area contributed by atoms with Crippen LogP contribution < -0.4 is 4.74 Å². The maximum absolute atomic E-state index is 11.1. The van der Waals surface area contributed by atoms with Crippen LogP contribution in [0.5, 0.6) is 5.75 Å². The summed E-state index contributed by atoms with van der Waals surface area (Å²) in [5, 5.41) is 20.0. The van der Waals surface area contributed by atoms with Gasteiger partial charge in [-0.3, -0.25) is 10.1 Å². The van der Waals surface area contributed by atoms with Crippen molar-refractivity contribution in [3.8, 4) is 5.75 Å². The van der Waals surface area contributed by atoms with Crippen molar-refractivity contribution in [3.63, 3.8) is 0 Å². The average molecular weight is 287 g/mol. The third kappa shape index (κ3) is 3.17. The number of nitro benzene ring substituents is 1. The summed E-state index contributed by atoms with van der Waals surface area (Å²) in [5.74, 6) is -0.672. The monoisotopic (exact) mass is 287 g/mol. The Hall–Kier alpha value is -2.89. The molecule has 0 heterocycles. The van der Waals surface area contributed by atoms with Crippen LogP contribution in [0.25, 0.3) is 0 Å². The number of hydrogen-bond donors (Lipinski definition) is 1. The zero-order chi connectivity index (χ0) is 15.4. The van der Waals surface area contributed by atoms with E-state index in [0.29, 0.717) is 16.9 Å². The Kier molecular flexibility index (Phi) is 4.18. The number of hydrogen-bond acceptors (Lipinski definition) is 4. The zero-order valence-electron chi connectivity index (χ0n) is 11.3. The fourth-order valence-electron chi connectivity index (χ4n) is 1.97. The van der Waals surface area contributed by atoms with E-state index >= 15 is 0 Å². The molecule has 0 aliphatic heterocycles. The number of nitrogens with zero attached hydrogens (tertiary/aromatic N) is 1.